The number of sulfone groups is 1. The molecule has 3 rings (SSSR count). The molecule has 1 saturated heterocycles. The number of anilines is 2. The lowest BCUT2D eigenvalue weighted by Gasteiger charge is -2.27. The Morgan fingerprint density at radius 3 is 2.31 bits per heavy atom. The first kappa shape index (κ1) is 18.6. The summed E-state index contributed by atoms with van der Waals surface area (Å²) in [5, 5.41) is 0. The number of nitrogens with zero attached hydrogens (tertiary/aromatic N) is 4. The van der Waals surface area contributed by atoms with Crippen LogP contribution in [-0.2, 0) is 9.84 Å². The molecule has 1 aromatic carbocycles. The molecule has 0 radical (unpaired) electrons. The van der Waals surface area contributed by atoms with Gasteiger partial charge in [-0.3, -0.25) is 0 Å². The van der Waals surface area contributed by atoms with Gasteiger partial charge in [0.2, 0.25) is 0 Å². The Hall–Kier alpha value is -2.15. The highest BCUT2D eigenvalue weighted by Gasteiger charge is 2.31. The molecule has 0 bridgehead atoms. The second-order valence-electron chi connectivity index (χ2n) is 6.61. The quantitative estimate of drug-likeness (QED) is 0.774. The summed E-state index contributed by atoms with van der Waals surface area (Å²) in [6.45, 7) is 5.90. The maximum Gasteiger partial charge on any atom is 0.163 e. The topological polar surface area (TPSA) is 66.4 Å². The van der Waals surface area contributed by atoms with Crippen LogP contribution >= 0.6 is 0 Å². The summed E-state index contributed by atoms with van der Waals surface area (Å²) in [7, 11) is -1.02. The third-order valence-electron chi connectivity index (χ3n) is 4.94. The van der Waals surface area contributed by atoms with Crippen LogP contribution in [0.15, 0.2) is 36.4 Å². The zero-order chi connectivity index (χ0) is 18.7. The maximum absolute atomic E-state index is 11.9. The molecule has 2 heterocycles. The summed E-state index contributed by atoms with van der Waals surface area (Å²) in [6, 6.07) is 11.8. The Balaban J connectivity index is 2.02. The number of benzene rings is 1. The van der Waals surface area contributed by atoms with Crippen molar-refractivity contribution in [1.82, 2.24) is 9.97 Å². The predicted molar refractivity (Wildman–Crippen MR) is 106 cm³/mol. The molecule has 0 saturated carbocycles. The molecule has 7 heteroatoms. The van der Waals surface area contributed by atoms with Crippen molar-refractivity contribution in [2.45, 2.75) is 26.3 Å². The monoisotopic (exact) mass is 374 g/mol. The van der Waals surface area contributed by atoms with E-state index in [-0.39, 0.29) is 17.5 Å². The lowest BCUT2D eigenvalue weighted by atomic mass is 10.2. The molecule has 0 aliphatic carbocycles. The van der Waals surface area contributed by atoms with Crippen molar-refractivity contribution < 1.29 is 8.42 Å². The minimum absolute atomic E-state index is 0.0388. The van der Waals surface area contributed by atoms with E-state index in [4.69, 9.17) is 9.97 Å². The van der Waals surface area contributed by atoms with E-state index in [1.165, 1.54) is 0 Å². The van der Waals surface area contributed by atoms with Crippen molar-refractivity contribution in [1.29, 1.82) is 0 Å². The normalized spacial score (nSPS) is 18.7. The minimum Gasteiger partial charge on any atom is -0.357 e. The Bertz CT molecular complexity index is 851. The summed E-state index contributed by atoms with van der Waals surface area (Å²) in [5.41, 5.74) is 0.954. The van der Waals surface area contributed by atoms with Crippen LogP contribution in [0.4, 0.5) is 11.6 Å². The van der Waals surface area contributed by atoms with Gasteiger partial charge in [0.15, 0.2) is 15.7 Å². The van der Waals surface area contributed by atoms with Gasteiger partial charge in [0.25, 0.3) is 0 Å². The van der Waals surface area contributed by atoms with Gasteiger partial charge in [-0.1, -0.05) is 30.3 Å². The Morgan fingerprint density at radius 2 is 1.73 bits per heavy atom. The number of hydrogen-bond donors (Lipinski definition) is 0. The zero-order valence-corrected chi connectivity index (χ0v) is 16.4. The highest BCUT2D eigenvalue weighted by atomic mass is 32.2. The summed E-state index contributed by atoms with van der Waals surface area (Å²) in [5.74, 6) is 2.74. The molecule has 1 atom stereocenters. The van der Waals surface area contributed by atoms with Crippen LogP contribution in [-0.4, -0.2) is 56.1 Å². The predicted octanol–water partition coefficient (Wildman–Crippen LogP) is 2.61. The van der Waals surface area contributed by atoms with Crippen LogP contribution in [0.1, 0.15) is 20.3 Å². The van der Waals surface area contributed by atoms with Crippen LogP contribution in [0.3, 0.4) is 0 Å². The summed E-state index contributed by atoms with van der Waals surface area (Å²) < 4.78 is 23.7. The molecule has 0 amide bonds. The molecular weight excluding hydrogens is 348 g/mol. The number of rotatable bonds is 6. The van der Waals surface area contributed by atoms with Gasteiger partial charge in [0.1, 0.15) is 11.6 Å². The van der Waals surface area contributed by atoms with Crippen molar-refractivity contribution in [2.24, 2.45) is 0 Å². The average molecular weight is 375 g/mol. The molecule has 6 nitrogen and oxygen atoms in total. The van der Waals surface area contributed by atoms with Crippen molar-refractivity contribution in [3.05, 3.63) is 36.4 Å². The second kappa shape index (κ2) is 7.61. The fourth-order valence-electron chi connectivity index (χ4n) is 3.30. The first-order valence-corrected chi connectivity index (χ1v) is 10.9. The first-order chi connectivity index (χ1) is 12.4. The van der Waals surface area contributed by atoms with E-state index in [9.17, 15) is 8.42 Å². The smallest absolute Gasteiger partial charge is 0.163 e. The summed E-state index contributed by atoms with van der Waals surface area (Å²) in [4.78, 5) is 13.7. The highest BCUT2D eigenvalue weighted by molar-refractivity contribution is 7.91. The molecule has 2 aromatic rings. The molecule has 1 aliphatic heterocycles. The van der Waals surface area contributed by atoms with E-state index >= 15 is 0 Å². The zero-order valence-electron chi connectivity index (χ0n) is 15.6. The van der Waals surface area contributed by atoms with E-state index in [2.05, 4.69) is 18.7 Å². The van der Waals surface area contributed by atoms with Gasteiger partial charge in [-0.25, -0.2) is 18.4 Å². The van der Waals surface area contributed by atoms with E-state index in [0.29, 0.717) is 12.2 Å². The van der Waals surface area contributed by atoms with Crippen LogP contribution in [0.25, 0.3) is 11.4 Å². The highest BCUT2D eigenvalue weighted by Crippen LogP contribution is 2.27. The first-order valence-electron chi connectivity index (χ1n) is 9.06. The molecule has 0 N–H and O–H groups in total. The Labute approximate surface area is 155 Å². The van der Waals surface area contributed by atoms with Crippen LogP contribution in [0.5, 0.6) is 0 Å². The number of hydrogen-bond acceptors (Lipinski definition) is 6. The molecule has 1 aromatic heterocycles. The van der Waals surface area contributed by atoms with E-state index < -0.39 is 9.84 Å². The van der Waals surface area contributed by atoms with E-state index in [0.717, 1.165) is 30.3 Å². The minimum atomic E-state index is -2.94. The van der Waals surface area contributed by atoms with Crippen LogP contribution in [0.2, 0.25) is 0 Å². The van der Waals surface area contributed by atoms with Gasteiger partial charge in [-0.05, 0) is 20.3 Å². The molecule has 1 aliphatic rings. The third kappa shape index (κ3) is 3.98. The third-order valence-corrected chi connectivity index (χ3v) is 6.69. The van der Waals surface area contributed by atoms with Gasteiger partial charge in [0, 0.05) is 37.8 Å². The van der Waals surface area contributed by atoms with Crippen molar-refractivity contribution in [3.63, 3.8) is 0 Å². The van der Waals surface area contributed by atoms with Crippen molar-refractivity contribution >= 4 is 21.5 Å². The molecular formula is C19H26N4O2S. The van der Waals surface area contributed by atoms with E-state index in [1.54, 1.807) is 0 Å². The lowest BCUT2D eigenvalue weighted by Crippen LogP contribution is -2.34. The van der Waals surface area contributed by atoms with E-state index in [1.807, 2.05) is 48.3 Å². The Morgan fingerprint density at radius 1 is 1.08 bits per heavy atom. The van der Waals surface area contributed by atoms with Crippen LogP contribution < -0.4 is 9.80 Å². The molecule has 1 fully saturated rings. The SMILES string of the molecule is CCN(CC)c1cc(N(C)C2CCS(=O)(=O)C2)nc(-c2ccccc2)n1. The van der Waals surface area contributed by atoms with Crippen molar-refractivity contribution in [3.8, 4) is 11.4 Å². The fourth-order valence-corrected chi connectivity index (χ4v) is 5.07. The standard InChI is InChI=1S/C19H26N4O2S/c1-4-23(5-2)18-13-17(22(3)16-11-12-26(24,25)14-16)20-19(21-18)15-9-7-6-8-10-15/h6-10,13,16H,4-5,11-12,14H2,1-3H3. The molecule has 0 spiro atoms. The molecule has 140 valence electrons. The van der Waals surface area contributed by atoms with Crippen molar-refractivity contribution in [2.75, 3.05) is 41.4 Å². The fraction of sp³-hybridized carbons (Fsp3) is 0.474. The second-order valence-corrected chi connectivity index (χ2v) is 8.84. The molecule has 26 heavy (non-hydrogen) atoms. The lowest BCUT2D eigenvalue weighted by molar-refractivity contribution is 0.600. The van der Waals surface area contributed by atoms with Gasteiger partial charge in [0.05, 0.1) is 11.5 Å². The average Bonchev–Trinajstić information content (AvgIpc) is 3.02. The van der Waals surface area contributed by atoms with Gasteiger partial charge in [-0.2, -0.15) is 0 Å². The maximum atomic E-state index is 11.9. The van der Waals surface area contributed by atoms with Gasteiger partial charge < -0.3 is 9.80 Å². The van der Waals surface area contributed by atoms with Crippen LogP contribution in [0, 0.1) is 0 Å². The van der Waals surface area contributed by atoms with Gasteiger partial charge >= 0.3 is 0 Å². The largest absolute Gasteiger partial charge is 0.357 e. The van der Waals surface area contributed by atoms with Gasteiger partial charge in [-0.15, -0.1) is 0 Å². The summed E-state index contributed by atoms with van der Waals surface area (Å²) in [6.07, 6.45) is 0.643. The number of aromatic nitrogens is 2. The molecule has 1 unspecified atom stereocenters. The summed E-state index contributed by atoms with van der Waals surface area (Å²) >= 11 is 0. The Kier molecular flexibility index (Phi) is 5.46.